The molecular weight excluding hydrogens is 191 g/mol. The Hall–Kier alpha value is -0.770. The molecule has 0 bridgehead atoms. The monoisotopic (exact) mass is 201 g/mol. The Morgan fingerprint density at radius 2 is 1.54 bits per heavy atom. The normalized spacial score (nSPS) is 10.4. The molecule has 0 aliphatic rings. The van der Waals surface area contributed by atoms with Crippen LogP contribution in [0.5, 0.6) is 0 Å². The van der Waals surface area contributed by atoms with Crippen molar-refractivity contribution in [2.24, 2.45) is 0 Å². The van der Waals surface area contributed by atoms with Gasteiger partial charge in [-0.3, -0.25) is 4.57 Å². The maximum absolute atomic E-state index is 10.8. The lowest BCUT2D eigenvalue weighted by Crippen LogP contribution is -2.09. The molecule has 0 N–H and O–H groups in total. The summed E-state index contributed by atoms with van der Waals surface area (Å²) >= 11 is 0. The fourth-order valence-corrected chi connectivity index (χ4v) is 1.17. The molecule has 72 valence electrons. The second kappa shape index (κ2) is 6.71. The zero-order valence-corrected chi connectivity index (χ0v) is 7.96. The Bertz CT molecular complexity index is 236. The van der Waals surface area contributed by atoms with Gasteiger partial charge in [0, 0.05) is 12.8 Å². The van der Waals surface area contributed by atoms with Gasteiger partial charge in [0.2, 0.25) is 0 Å². The van der Waals surface area contributed by atoms with Crippen molar-refractivity contribution in [3.63, 3.8) is 0 Å². The topological polar surface area (TPSA) is 58.6 Å². The molecule has 0 rings (SSSR count). The molecule has 0 aromatic rings. The quantitative estimate of drug-likeness (QED) is 0.357. The molecule has 13 heavy (non-hydrogen) atoms. The van der Waals surface area contributed by atoms with E-state index < -0.39 is 7.82 Å². The van der Waals surface area contributed by atoms with Crippen molar-refractivity contribution in [1.82, 2.24) is 0 Å². The second-order valence-corrected chi connectivity index (χ2v) is 3.43. The maximum atomic E-state index is 10.8. The third-order valence-corrected chi connectivity index (χ3v) is 1.99. The van der Waals surface area contributed by atoms with Crippen LogP contribution < -0.4 is 4.89 Å². The summed E-state index contributed by atoms with van der Waals surface area (Å²) in [5, 5.41) is 0. The highest BCUT2D eigenvalue weighted by Crippen LogP contribution is 2.38. The molecule has 0 aromatic carbocycles. The first kappa shape index (κ1) is 12.2. The highest BCUT2D eigenvalue weighted by atomic mass is 31.2. The van der Waals surface area contributed by atoms with Gasteiger partial charge in [-0.05, 0) is 0 Å². The Balaban J connectivity index is 3.63. The second-order valence-electron chi connectivity index (χ2n) is 2.02. The smallest absolute Gasteiger partial charge is 0.267 e. The van der Waals surface area contributed by atoms with E-state index in [9.17, 15) is 9.46 Å². The van der Waals surface area contributed by atoms with E-state index >= 15 is 0 Å². The average molecular weight is 201 g/mol. The molecule has 0 saturated carbocycles. The van der Waals surface area contributed by atoms with Crippen LogP contribution in [0.4, 0.5) is 0 Å². The van der Waals surface area contributed by atoms with Crippen molar-refractivity contribution in [2.45, 2.75) is 12.8 Å². The van der Waals surface area contributed by atoms with Crippen molar-refractivity contribution in [3.8, 4) is 24.7 Å². The Morgan fingerprint density at radius 3 is 1.85 bits per heavy atom. The molecule has 0 spiro atoms. The van der Waals surface area contributed by atoms with Crippen molar-refractivity contribution in [3.05, 3.63) is 0 Å². The lowest BCUT2D eigenvalue weighted by atomic mass is 10.5. The molecule has 0 aliphatic heterocycles. The molecule has 0 fully saturated rings. The predicted octanol–water partition coefficient (Wildman–Crippen LogP) is 0.535. The summed E-state index contributed by atoms with van der Waals surface area (Å²) in [6.45, 7) is -0.124. The van der Waals surface area contributed by atoms with Crippen molar-refractivity contribution >= 4 is 7.82 Å². The van der Waals surface area contributed by atoms with Gasteiger partial charge in [0.1, 0.15) is 0 Å². The lowest BCUT2D eigenvalue weighted by Gasteiger charge is -2.21. The van der Waals surface area contributed by atoms with Gasteiger partial charge in [-0.2, -0.15) is 0 Å². The average Bonchev–Trinajstić information content (AvgIpc) is 2.05. The Kier molecular flexibility index (Phi) is 6.32. The van der Waals surface area contributed by atoms with E-state index in [0.717, 1.165) is 0 Å². The number of phosphoric ester groups is 1. The summed E-state index contributed by atoms with van der Waals surface area (Å²) < 4.78 is 19.6. The fraction of sp³-hybridized carbons (Fsp3) is 0.500. The zero-order valence-electron chi connectivity index (χ0n) is 7.06. The van der Waals surface area contributed by atoms with Gasteiger partial charge in [-0.15, -0.1) is 24.7 Å². The van der Waals surface area contributed by atoms with Crippen LogP contribution in [-0.4, -0.2) is 13.2 Å². The van der Waals surface area contributed by atoms with Crippen LogP contribution in [0.1, 0.15) is 12.8 Å². The number of phosphoric acid groups is 1. The van der Waals surface area contributed by atoms with E-state index in [-0.39, 0.29) is 26.1 Å². The van der Waals surface area contributed by atoms with Gasteiger partial charge in [-0.1, -0.05) is 0 Å². The highest BCUT2D eigenvalue weighted by molar-refractivity contribution is 7.45. The lowest BCUT2D eigenvalue weighted by molar-refractivity contribution is -0.225. The fourth-order valence-electron chi connectivity index (χ4n) is 0.470. The number of terminal acetylenes is 2. The molecule has 4 nitrogen and oxygen atoms in total. The SMILES string of the molecule is C#CCCOP(=O)([O-])OCCC#C. The van der Waals surface area contributed by atoms with Crippen LogP contribution in [0.2, 0.25) is 0 Å². The molecule has 0 heterocycles. The third-order valence-electron chi connectivity index (χ3n) is 0.992. The van der Waals surface area contributed by atoms with Gasteiger partial charge in [0.25, 0.3) is 7.82 Å². The number of rotatable bonds is 6. The summed E-state index contributed by atoms with van der Waals surface area (Å²) in [5.74, 6) is 4.47. The van der Waals surface area contributed by atoms with Crippen LogP contribution in [-0.2, 0) is 13.6 Å². The molecule has 5 heteroatoms. The minimum Gasteiger partial charge on any atom is -0.756 e. The number of hydrogen-bond donors (Lipinski definition) is 0. The van der Waals surface area contributed by atoms with E-state index in [4.69, 9.17) is 12.8 Å². The Labute approximate surface area is 77.9 Å². The molecule has 0 unspecified atom stereocenters. The first-order valence-corrected chi connectivity index (χ1v) is 5.05. The highest BCUT2D eigenvalue weighted by Gasteiger charge is 2.07. The number of hydrogen-bond acceptors (Lipinski definition) is 4. The molecule has 0 radical (unpaired) electrons. The van der Waals surface area contributed by atoms with Gasteiger partial charge < -0.3 is 13.9 Å². The van der Waals surface area contributed by atoms with E-state index in [2.05, 4.69) is 20.9 Å². The minimum absolute atomic E-state index is 0.0622. The molecule has 0 amide bonds. The van der Waals surface area contributed by atoms with Gasteiger partial charge >= 0.3 is 0 Å². The standard InChI is InChI=1S/C8H11O4P/c1-3-5-7-11-13(9,10)12-8-6-4-2/h1-2H,5-8H2,(H,9,10)/p-1. The van der Waals surface area contributed by atoms with Crippen LogP contribution in [0.25, 0.3) is 0 Å². The first-order chi connectivity index (χ1) is 6.12. The minimum atomic E-state index is -4.19. The molecule has 0 aromatic heterocycles. The predicted molar refractivity (Wildman–Crippen MR) is 46.4 cm³/mol. The summed E-state index contributed by atoms with van der Waals surface area (Å²) in [4.78, 5) is 10.8. The Morgan fingerprint density at radius 1 is 1.15 bits per heavy atom. The molecule has 0 atom stereocenters. The van der Waals surface area contributed by atoms with Crippen LogP contribution in [0, 0.1) is 24.7 Å². The third kappa shape index (κ3) is 7.59. The molecular formula is C8H10O4P-. The zero-order chi connectivity index (χ0) is 10.2. The molecule has 0 aliphatic carbocycles. The van der Waals surface area contributed by atoms with Gasteiger partial charge in [0.05, 0.1) is 13.2 Å². The van der Waals surface area contributed by atoms with Crippen molar-refractivity contribution in [2.75, 3.05) is 13.2 Å². The van der Waals surface area contributed by atoms with Crippen molar-refractivity contribution in [1.29, 1.82) is 0 Å². The van der Waals surface area contributed by atoms with E-state index in [0.29, 0.717) is 0 Å². The van der Waals surface area contributed by atoms with Gasteiger partial charge in [-0.25, -0.2) is 0 Å². The summed E-state index contributed by atoms with van der Waals surface area (Å²) in [7, 11) is -4.19. The summed E-state index contributed by atoms with van der Waals surface area (Å²) in [6, 6.07) is 0. The van der Waals surface area contributed by atoms with Gasteiger partial charge in [0.15, 0.2) is 0 Å². The molecule has 0 saturated heterocycles. The van der Waals surface area contributed by atoms with E-state index in [1.165, 1.54) is 0 Å². The van der Waals surface area contributed by atoms with Crippen LogP contribution in [0.3, 0.4) is 0 Å². The summed E-state index contributed by atoms with van der Waals surface area (Å²) in [5.41, 5.74) is 0. The van der Waals surface area contributed by atoms with Crippen molar-refractivity contribution < 1.29 is 18.5 Å². The summed E-state index contributed by atoms with van der Waals surface area (Å²) in [6.07, 6.45) is 10.2. The maximum Gasteiger partial charge on any atom is 0.267 e. The van der Waals surface area contributed by atoms with Crippen LogP contribution >= 0.6 is 7.82 Å². The first-order valence-electron chi connectivity index (χ1n) is 3.59. The van der Waals surface area contributed by atoms with Crippen LogP contribution in [0.15, 0.2) is 0 Å². The van der Waals surface area contributed by atoms with E-state index in [1.807, 2.05) is 0 Å². The van der Waals surface area contributed by atoms with E-state index in [1.54, 1.807) is 0 Å². The largest absolute Gasteiger partial charge is 0.756 e.